The minimum absolute atomic E-state index is 0.112. The fraction of sp³-hybridized carbons (Fsp3) is 0.611. The van der Waals surface area contributed by atoms with Crippen LogP contribution in [0.4, 0.5) is 4.79 Å². The molecular weight excluding hydrogens is 274 g/mol. The van der Waals surface area contributed by atoms with E-state index in [2.05, 4.69) is 40.5 Å². The van der Waals surface area contributed by atoms with Crippen LogP contribution < -0.4 is 5.32 Å². The largest absolute Gasteiger partial charge is 0.336 e. The highest BCUT2D eigenvalue weighted by atomic mass is 16.2. The first kappa shape index (κ1) is 15.3. The van der Waals surface area contributed by atoms with E-state index in [1.807, 2.05) is 18.7 Å². The van der Waals surface area contributed by atoms with Crippen LogP contribution >= 0.6 is 0 Å². The first-order valence-corrected chi connectivity index (χ1v) is 8.42. The molecule has 1 aromatic carbocycles. The number of likely N-dealkylation sites (tertiary alicyclic amines) is 2. The number of hydrogen-bond acceptors (Lipinski definition) is 2. The molecule has 0 aliphatic carbocycles. The van der Waals surface area contributed by atoms with Crippen LogP contribution in [0.15, 0.2) is 30.3 Å². The van der Waals surface area contributed by atoms with Gasteiger partial charge in [-0.2, -0.15) is 0 Å². The zero-order chi connectivity index (χ0) is 15.5. The van der Waals surface area contributed by atoms with Crippen LogP contribution in [-0.2, 0) is 6.54 Å². The fourth-order valence-corrected chi connectivity index (χ4v) is 3.86. The van der Waals surface area contributed by atoms with Gasteiger partial charge >= 0.3 is 6.03 Å². The quantitative estimate of drug-likeness (QED) is 0.931. The maximum Gasteiger partial charge on any atom is 0.317 e. The van der Waals surface area contributed by atoms with Gasteiger partial charge in [-0.1, -0.05) is 30.3 Å². The molecule has 2 atom stereocenters. The number of rotatable bonds is 3. The molecule has 120 valence electrons. The molecular formula is C18H27N3O. The molecule has 0 radical (unpaired) electrons. The van der Waals surface area contributed by atoms with Crippen molar-refractivity contribution >= 4 is 6.03 Å². The van der Waals surface area contributed by atoms with Gasteiger partial charge in [0.05, 0.1) is 0 Å². The topological polar surface area (TPSA) is 35.6 Å². The van der Waals surface area contributed by atoms with Crippen molar-refractivity contribution in [3.63, 3.8) is 0 Å². The number of nitrogens with one attached hydrogen (secondary N) is 1. The van der Waals surface area contributed by atoms with Gasteiger partial charge in [-0.05, 0) is 37.7 Å². The van der Waals surface area contributed by atoms with Crippen LogP contribution in [0.2, 0.25) is 0 Å². The van der Waals surface area contributed by atoms with Crippen molar-refractivity contribution in [2.75, 3.05) is 26.2 Å². The molecule has 2 heterocycles. The van der Waals surface area contributed by atoms with Gasteiger partial charge in [-0.3, -0.25) is 4.90 Å². The molecule has 22 heavy (non-hydrogen) atoms. The van der Waals surface area contributed by atoms with Crippen molar-refractivity contribution in [3.05, 3.63) is 35.9 Å². The Hall–Kier alpha value is -1.55. The van der Waals surface area contributed by atoms with Gasteiger partial charge in [0.15, 0.2) is 0 Å². The minimum atomic E-state index is 0.112. The summed E-state index contributed by atoms with van der Waals surface area (Å²) in [7, 11) is 0. The SMILES string of the molecule is CC(C)NC(=O)N1CC2CC(CN(Cc3ccccc3)C2)C1. The van der Waals surface area contributed by atoms with E-state index in [0.717, 1.165) is 32.7 Å². The lowest BCUT2D eigenvalue weighted by Crippen LogP contribution is -2.56. The Morgan fingerprint density at radius 2 is 1.77 bits per heavy atom. The van der Waals surface area contributed by atoms with Gasteiger partial charge in [0.2, 0.25) is 0 Å². The van der Waals surface area contributed by atoms with Crippen molar-refractivity contribution in [2.45, 2.75) is 32.9 Å². The summed E-state index contributed by atoms with van der Waals surface area (Å²) in [6.07, 6.45) is 1.27. The molecule has 2 unspecified atom stereocenters. The van der Waals surface area contributed by atoms with E-state index in [9.17, 15) is 4.79 Å². The molecule has 2 bridgehead atoms. The second kappa shape index (κ2) is 6.69. The Labute approximate surface area is 133 Å². The molecule has 1 N–H and O–H groups in total. The summed E-state index contributed by atoms with van der Waals surface area (Å²) in [5.41, 5.74) is 1.39. The molecule has 2 aliphatic rings. The summed E-state index contributed by atoms with van der Waals surface area (Å²) in [6, 6.07) is 11.0. The van der Waals surface area contributed by atoms with Gasteiger partial charge in [0.1, 0.15) is 0 Å². The monoisotopic (exact) mass is 301 g/mol. The molecule has 0 spiro atoms. The molecule has 2 amide bonds. The third kappa shape index (κ3) is 3.80. The standard InChI is InChI=1S/C18H27N3O/c1-14(2)19-18(22)21-12-16-8-17(13-21)11-20(10-16)9-15-6-4-3-5-7-15/h3-7,14,16-17H,8-13H2,1-2H3,(H,19,22). The summed E-state index contributed by atoms with van der Waals surface area (Å²) in [5, 5.41) is 3.03. The van der Waals surface area contributed by atoms with Crippen LogP contribution in [-0.4, -0.2) is 48.1 Å². The summed E-state index contributed by atoms with van der Waals surface area (Å²) in [4.78, 5) is 16.8. The van der Waals surface area contributed by atoms with E-state index < -0.39 is 0 Å². The fourth-order valence-electron chi connectivity index (χ4n) is 3.86. The molecule has 4 nitrogen and oxygen atoms in total. The lowest BCUT2D eigenvalue weighted by Gasteiger charge is -2.46. The highest BCUT2D eigenvalue weighted by molar-refractivity contribution is 5.74. The molecule has 0 saturated carbocycles. The van der Waals surface area contributed by atoms with Gasteiger partial charge in [-0.25, -0.2) is 4.79 Å². The van der Waals surface area contributed by atoms with Gasteiger partial charge < -0.3 is 10.2 Å². The number of amides is 2. The lowest BCUT2D eigenvalue weighted by atomic mass is 9.84. The Balaban J connectivity index is 1.56. The maximum atomic E-state index is 12.2. The zero-order valence-corrected chi connectivity index (χ0v) is 13.7. The number of benzene rings is 1. The number of carbonyl (C=O) groups excluding carboxylic acids is 1. The average molecular weight is 301 g/mol. The van der Waals surface area contributed by atoms with Gasteiger partial charge in [0, 0.05) is 38.8 Å². The smallest absolute Gasteiger partial charge is 0.317 e. The minimum Gasteiger partial charge on any atom is -0.336 e. The predicted molar refractivity (Wildman–Crippen MR) is 88.6 cm³/mol. The van der Waals surface area contributed by atoms with Crippen molar-refractivity contribution in [3.8, 4) is 0 Å². The van der Waals surface area contributed by atoms with E-state index in [4.69, 9.17) is 0 Å². The van der Waals surface area contributed by atoms with E-state index in [1.54, 1.807) is 0 Å². The van der Waals surface area contributed by atoms with E-state index in [0.29, 0.717) is 11.8 Å². The summed E-state index contributed by atoms with van der Waals surface area (Å²) in [5.74, 6) is 1.24. The van der Waals surface area contributed by atoms with Crippen LogP contribution in [0.1, 0.15) is 25.8 Å². The molecule has 2 saturated heterocycles. The Bertz CT molecular complexity index is 488. The zero-order valence-electron chi connectivity index (χ0n) is 13.7. The molecule has 4 heteroatoms. The van der Waals surface area contributed by atoms with E-state index in [1.165, 1.54) is 12.0 Å². The highest BCUT2D eigenvalue weighted by Crippen LogP contribution is 2.29. The number of nitrogens with zero attached hydrogens (tertiary/aromatic N) is 2. The van der Waals surface area contributed by atoms with Gasteiger partial charge in [-0.15, -0.1) is 0 Å². The van der Waals surface area contributed by atoms with Crippen molar-refractivity contribution in [1.29, 1.82) is 0 Å². The maximum absolute atomic E-state index is 12.2. The molecule has 0 aromatic heterocycles. The summed E-state index contributed by atoms with van der Waals surface area (Å²) < 4.78 is 0. The molecule has 2 fully saturated rings. The lowest BCUT2D eigenvalue weighted by molar-refractivity contribution is 0.0423. The average Bonchev–Trinajstić information content (AvgIpc) is 2.46. The normalized spacial score (nSPS) is 25.3. The second-order valence-electron chi connectivity index (χ2n) is 7.16. The first-order chi connectivity index (χ1) is 10.6. The molecule has 1 aromatic rings. The Kier molecular flexibility index (Phi) is 4.67. The first-order valence-electron chi connectivity index (χ1n) is 8.42. The highest BCUT2D eigenvalue weighted by Gasteiger charge is 2.35. The second-order valence-corrected chi connectivity index (χ2v) is 7.16. The van der Waals surface area contributed by atoms with E-state index in [-0.39, 0.29) is 12.1 Å². The number of hydrogen-bond donors (Lipinski definition) is 1. The van der Waals surface area contributed by atoms with Crippen LogP contribution in [0.25, 0.3) is 0 Å². The number of piperidine rings is 2. The van der Waals surface area contributed by atoms with Crippen molar-refractivity contribution < 1.29 is 4.79 Å². The van der Waals surface area contributed by atoms with Gasteiger partial charge in [0.25, 0.3) is 0 Å². The Morgan fingerprint density at radius 3 is 2.36 bits per heavy atom. The molecule has 2 aliphatic heterocycles. The van der Waals surface area contributed by atoms with Crippen molar-refractivity contribution in [1.82, 2.24) is 15.1 Å². The van der Waals surface area contributed by atoms with Crippen LogP contribution in [0.5, 0.6) is 0 Å². The number of carbonyl (C=O) groups is 1. The predicted octanol–water partition coefficient (Wildman–Crippen LogP) is 2.56. The van der Waals surface area contributed by atoms with Crippen LogP contribution in [0, 0.1) is 11.8 Å². The van der Waals surface area contributed by atoms with Crippen LogP contribution in [0.3, 0.4) is 0 Å². The molecule has 3 rings (SSSR count). The Morgan fingerprint density at radius 1 is 1.14 bits per heavy atom. The number of urea groups is 1. The van der Waals surface area contributed by atoms with Crippen molar-refractivity contribution in [2.24, 2.45) is 11.8 Å². The number of fused-ring (bicyclic) bond motifs is 2. The summed E-state index contributed by atoms with van der Waals surface area (Å²) in [6.45, 7) is 9.09. The summed E-state index contributed by atoms with van der Waals surface area (Å²) >= 11 is 0. The third-order valence-electron chi connectivity index (χ3n) is 4.61. The van der Waals surface area contributed by atoms with E-state index >= 15 is 0 Å². The third-order valence-corrected chi connectivity index (χ3v) is 4.61.